The van der Waals surface area contributed by atoms with Gasteiger partial charge in [0.15, 0.2) is 0 Å². The Morgan fingerprint density at radius 3 is 3.00 bits per heavy atom. The molecule has 0 saturated heterocycles. The summed E-state index contributed by atoms with van der Waals surface area (Å²) in [7, 11) is 1.70. The van der Waals surface area contributed by atoms with Gasteiger partial charge < -0.3 is 14.9 Å². The fourth-order valence-electron chi connectivity index (χ4n) is 3.43. The number of benzene rings is 1. The molecule has 2 aromatic rings. The predicted molar refractivity (Wildman–Crippen MR) is 83.9 cm³/mol. The van der Waals surface area contributed by atoms with E-state index >= 15 is 0 Å². The van der Waals surface area contributed by atoms with E-state index in [1.165, 1.54) is 35.3 Å². The molecule has 0 bridgehead atoms. The zero-order chi connectivity index (χ0) is 14.8. The van der Waals surface area contributed by atoms with Crippen LogP contribution in [0.5, 0.6) is 5.75 Å². The Morgan fingerprint density at radius 1 is 1.38 bits per heavy atom. The van der Waals surface area contributed by atoms with Crippen molar-refractivity contribution < 1.29 is 9.94 Å². The van der Waals surface area contributed by atoms with Gasteiger partial charge in [0.05, 0.1) is 13.7 Å². The summed E-state index contributed by atoms with van der Waals surface area (Å²) < 4.78 is 5.36. The second kappa shape index (κ2) is 6.08. The third-order valence-electron chi connectivity index (χ3n) is 4.46. The number of hydrogen-bond acceptors (Lipinski definition) is 3. The van der Waals surface area contributed by atoms with Crippen molar-refractivity contribution in [1.82, 2.24) is 10.0 Å². The largest absolute Gasteiger partial charge is 0.497 e. The van der Waals surface area contributed by atoms with Crippen LogP contribution in [0.1, 0.15) is 49.8 Å². The van der Waals surface area contributed by atoms with Crippen molar-refractivity contribution >= 4 is 10.9 Å². The molecule has 21 heavy (non-hydrogen) atoms. The smallest absolute Gasteiger partial charge is 0.119 e. The number of rotatable bonds is 5. The van der Waals surface area contributed by atoms with Crippen LogP contribution in [0, 0.1) is 0 Å². The van der Waals surface area contributed by atoms with Gasteiger partial charge >= 0.3 is 0 Å². The molecule has 1 aliphatic rings. The predicted octanol–water partition coefficient (Wildman–Crippen LogP) is 4.05. The van der Waals surface area contributed by atoms with E-state index in [1.54, 1.807) is 7.11 Å². The molecule has 1 aromatic carbocycles. The first kappa shape index (κ1) is 14.4. The fourth-order valence-corrected chi connectivity index (χ4v) is 3.43. The van der Waals surface area contributed by atoms with Crippen molar-refractivity contribution in [2.45, 2.75) is 45.1 Å². The fraction of sp³-hybridized carbons (Fsp3) is 0.529. The summed E-state index contributed by atoms with van der Waals surface area (Å²) in [5.41, 5.74) is 3.66. The van der Waals surface area contributed by atoms with Gasteiger partial charge in [-0.1, -0.05) is 26.2 Å². The summed E-state index contributed by atoms with van der Waals surface area (Å²) in [5.74, 6) is 1.29. The molecule has 1 atom stereocenters. The molecule has 3 rings (SSSR count). The van der Waals surface area contributed by atoms with Crippen LogP contribution in [0.4, 0.5) is 0 Å². The standard InChI is InChI=1S/C17H24N2O2/c1-3-4-5-6-12-10-19(20)11-16-17(12)14-9-13(21-2)7-8-15(14)18-16/h7-9,12,18,20H,3-6,10-11H2,1-2H3. The lowest BCUT2D eigenvalue weighted by Gasteiger charge is -2.29. The molecular weight excluding hydrogens is 264 g/mol. The summed E-state index contributed by atoms with van der Waals surface area (Å²) in [5, 5.41) is 12.7. The third kappa shape index (κ3) is 2.78. The van der Waals surface area contributed by atoms with Crippen LogP contribution < -0.4 is 4.74 Å². The number of aromatic nitrogens is 1. The number of nitrogens with zero attached hydrogens (tertiary/aromatic N) is 1. The summed E-state index contributed by atoms with van der Waals surface area (Å²) in [4.78, 5) is 3.46. The molecule has 0 aliphatic carbocycles. The van der Waals surface area contributed by atoms with E-state index in [-0.39, 0.29) is 0 Å². The molecule has 0 saturated carbocycles. The van der Waals surface area contributed by atoms with Crippen molar-refractivity contribution in [1.29, 1.82) is 0 Å². The van der Waals surface area contributed by atoms with E-state index < -0.39 is 0 Å². The number of ether oxygens (including phenoxy) is 1. The zero-order valence-corrected chi connectivity index (χ0v) is 12.9. The third-order valence-corrected chi connectivity index (χ3v) is 4.46. The maximum Gasteiger partial charge on any atom is 0.119 e. The van der Waals surface area contributed by atoms with Gasteiger partial charge in [-0.05, 0) is 30.2 Å². The lowest BCUT2D eigenvalue weighted by atomic mass is 9.88. The number of hydroxylamine groups is 2. The molecule has 0 fully saturated rings. The lowest BCUT2D eigenvalue weighted by molar-refractivity contribution is -0.110. The number of hydrogen-bond donors (Lipinski definition) is 2. The number of fused-ring (bicyclic) bond motifs is 3. The summed E-state index contributed by atoms with van der Waals surface area (Å²) in [6, 6.07) is 6.16. The highest BCUT2D eigenvalue weighted by Gasteiger charge is 2.28. The highest BCUT2D eigenvalue weighted by Crippen LogP contribution is 2.38. The average molecular weight is 288 g/mol. The van der Waals surface area contributed by atoms with Crippen LogP contribution >= 0.6 is 0 Å². The van der Waals surface area contributed by atoms with E-state index in [0.717, 1.165) is 29.9 Å². The number of H-pyrrole nitrogens is 1. The number of methoxy groups -OCH3 is 1. The van der Waals surface area contributed by atoms with Crippen molar-refractivity contribution in [2.75, 3.05) is 13.7 Å². The molecule has 1 aromatic heterocycles. The maximum absolute atomic E-state index is 10.00. The molecule has 0 spiro atoms. The van der Waals surface area contributed by atoms with Crippen molar-refractivity contribution in [3.63, 3.8) is 0 Å². The van der Waals surface area contributed by atoms with Crippen LogP contribution in [0.25, 0.3) is 10.9 Å². The maximum atomic E-state index is 10.00. The number of unbranched alkanes of at least 4 members (excludes halogenated alkanes) is 2. The Morgan fingerprint density at radius 2 is 2.24 bits per heavy atom. The second-order valence-electron chi connectivity index (χ2n) is 5.97. The van der Waals surface area contributed by atoms with E-state index in [1.807, 2.05) is 6.07 Å². The van der Waals surface area contributed by atoms with Crippen LogP contribution in [0.2, 0.25) is 0 Å². The first-order valence-corrected chi connectivity index (χ1v) is 7.85. The lowest BCUT2D eigenvalue weighted by Crippen LogP contribution is -2.30. The molecule has 1 unspecified atom stereocenters. The van der Waals surface area contributed by atoms with Crippen molar-refractivity contribution in [3.8, 4) is 5.75 Å². The van der Waals surface area contributed by atoms with E-state index in [4.69, 9.17) is 4.74 Å². The van der Waals surface area contributed by atoms with Gasteiger partial charge in [0, 0.05) is 29.1 Å². The molecule has 4 nitrogen and oxygen atoms in total. The number of aromatic amines is 1. The topological polar surface area (TPSA) is 48.5 Å². The molecule has 0 radical (unpaired) electrons. The van der Waals surface area contributed by atoms with Gasteiger partial charge in [-0.3, -0.25) is 0 Å². The van der Waals surface area contributed by atoms with Gasteiger partial charge in [0.2, 0.25) is 0 Å². The van der Waals surface area contributed by atoms with Crippen molar-refractivity contribution in [2.24, 2.45) is 0 Å². The first-order valence-electron chi connectivity index (χ1n) is 7.85. The van der Waals surface area contributed by atoms with Gasteiger partial charge in [0.25, 0.3) is 0 Å². The minimum atomic E-state index is 0.395. The quantitative estimate of drug-likeness (QED) is 0.816. The van der Waals surface area contributed by atoms with Crippen LogP contribution in [-0.4, -0.2) is 28.9 Å². The van der Waals surface area contributed by atoms with Crippen molar-refractivity contribution in [3.05, 3.63) is 29.5 Å². The Labute approximate surface area is 125 Å². The Kier molecular flexibility index (Phi) is 4.17. The molecule has 4 heteroatoms. The molecule has 2 heterocycles. The molecule has 2 N–H and O–H groups in total. The molecule has 114 valence electrons. The monoisotopic (exact) mass is 288 g/mol. The Bertz CT molecular complexity index is 621. The summed E-state index contributed by atoms with van der Waals surface area (Å²) >= 11 is 0. The Balaban J connectivity index is 1.99. The normalized spacial score (nSPS) is 18.9. The highest BCUT2D eigenvalue weighted by molar-refractivity contribution is 5.86. The first-order chi connectivity index (χ1) is 10.2. The van der Waals surface area contributed by atoms with Crippen LogP contribution in [0.15, 0.2) is 18.2 Å². The molecular formula is C17H24N2O2. The van der Waals surface area contributed by atoms with Gasteiger partial charge in [0.1, 0.15) is 5.75 Å². The zero-order valence-electron chi connectivity index (χ0n) is 12.9. The van der Waals surface area contributed by atoms with Gasteiger partial charge in [-0.2, -0.15) is 5.06 Å². The average Bonchev–Trinajstić information content (AvgIpc) is 2.84. The summed E-state index contributed by atoms with van der Waals surface area (Å²) in [6.07, 6.45) is 4.82. The van der Waals surface area contributed by atoms with E-state index in [0.29, 0.717) is 12.5 Å². The minimum absolute atomic E-state index is 0.395. The number of nitrogens with one attached hydrogen (secondary N) is 1. The van der Waals surface area contributed by atoms with Gasteiger partial charge in [-0.25, -0.2) is 0 Å². The van der Waals surface area contributed by atoms with Crippen LogP contribution in [-0.2, 0) is 6.54 Å². The summed E-state index contributed by atoms with van der Waals surface area (Å²) in [6.45, 7) is 3.53. The van der Waals surface area contributed by atoms with Crippen LogP contribution in [0.3, 0.4) is 0 Å². The van der Waals surface area contributed by atoms with Gasteiger partial charge in [-0.15, -0.1) is 0 Å². The molecule has 0 amide bonds. The second-order valence-corrected chi connectivity index (χ2v) is 5.97. The highest BCUT2D eigenvalue weighted by atomic mass is 16.5. The Hall–Kier alpha value is -1.52. The SMILES string of the molecule is CCCCCC1CN(O)Cc2[nH]c3ccc(OC)cc3c21. The minimum Gasteiger partial charge on any atom is -0.497 e. The van der Waals surface area contributed by atoms with E-state index in [2.05, 4.69) is 24.0 Å². The molecule has 1 aliphatic heterocycles. The van der Waals surface area contributed by atoms with E-state index in [9.17, 15) is 5.21 Å².